The molecule has 0 spiro atoms. The number of alkyl halides is 3. The Morgan fingerprint density at radius 1 is 1.26 bits per heavy atom. The van der Waals surface area contributed by atoms with E-state index in [1.54, 1.807) is 6.07 Å². The molecule has 19 heavy (non-hydrogen) atoms. The number of halogens is 4. The molecular weight excluding hydrogens is 319 g/mol. The highest BCUT2D eigenvalue weighted by Crippen LogP contribution is 2.39. The Kier molecular flexibility index (Phi) is 3.87. The van der Waals surface area contributed by atoms with Gasteiger partial charge < -0.3 is 5.32 Å². The minimum atomic E-state index is -4.31. The summed E-state index contributed by atoms with van der Waals surface area (Å²) in [4.78, 5) is 0. The Hall–Kier alpha value is -0.710. The summed E-state index contributed by atoms with van der Waals surface area (Å²) in [6.07, 6.45) is -1.22. The van der Waals surface area contributed by atoms with Gasteiger partial charge in [0.05, 0.1) is 5.56 Å². The highest BCUT2D eigenvalue weighted by atomic mass is 79.9. The van der Waals surface area contributed by atoms with Crippen LogP contribution in [0.2, 0.25) is 0 Å². The smallest absolute Gasteiger partial charge is 0.382 e. The van der Waals surface area contributed by atoms with Crippen LogP contribution in [-0.4, -0.2) is 6.04 Å². The van der Waals surface area contributed by atoms with Crippen molar-refractivity contribution in [3.8, 4) is 0 Å². The van der Waals surface area contributed by atoms with Crippen LogP contribution in [0.4, 0.5) is 18.9 Å². The van der Waals surface area contributed by atoms with Gasteiger partial charge >= 0.3 is 6.18 Å². The fourth-order valence-corrected chi connectivity index (χ4v) is 3.12. The maximum atomic E-state index is 12.7. The predicted molar refractivity (Wildman–Crippen MR) is 74.2 cm³/mol. The number of hydrogen-bond acceptors (Lipinski definition) is 1. The molecule has 0 amide bonds. The van der Waals surface area contributed by atoms with Crippen LogP contribution in [0.1, 0.15) is 38.7 Å². The first kappa shape index (κ1) is 14.7. The van der Waals surface area contributed by atoms with E-state index in [0.717, 1.165) is 25.3 Å². The monoisotopic (exact) mass is 335 g/mol. The molecule has 1 aromatic rings. The molecule has 0 aromatic heterocycles. The molecule has 106 valence electrons. The van der Waals surface area contributed by atoms with Gasteiger partial charge in [-0.2, -0.15) is 13.2 Å². The highest BCUT2D eigenvalue weighted by Gasteiger charge is 2.33. The van der Waals surface area contributed by atoms with Gasteiger partial charge in [-0.1, -0.05) is 29.8 Å². The first-order valence-electron chi connectivity index (χ1n) is 6.30. The molecule has 1 aliphatic carbocycles. The van der Waals surface area contributed by atoms with Gasteiger partial charge in [-0.15, -0.1) is 0 Å². The molecule has 1 N–H and O–H groups in total. The van der Waals surface area contributed by atoms with Gasteiger partial charge in [0.1, 0.15) is 0 Å². The second-order valence-electron chi connectivity index (χ2n) is 5.97. The summed E-state index contributed by atoms with van der Waals surface area (Å²) in [6.45, 7) is 4.38. The molecule has 0 saturated heterocycles. The highest BCUT2D eigenvalue weighted by molar-refractivity contribution is 9.10. The van der Waals surface area contributed by atoms with Crippen LogP contribution in [0.5, 0.6) is 0 Å². The summed E-state index contributed by atoms with van der Waals surface area (Å²) in [6, 6.07) is 4.23. The van der Waals surface area contributed by atoms with Gasteiger partial charge in [0.2, 0.25) is 0 Å². The van der Waals surface area contributed by atoms with Crippen molar-refractivity contribution in [2.45, 2.75) is 45.3 Å². The van der Waals surface area contributed by atoms with Crippen LogP contribution in [0.15, 0.2) is 22.7 Å². The molecule has 1 fully saturated rings. The van der Waals surface area contributed by atoms with E-state index in [2.05, 4.69) is 35.1 Å². The Bertz CT molecular complexity index is 468. The van der Waals surface area contributed by atoms with Gasteiger partial charge in [-0.25, -0.2) is 0 Å². The summed E-state index contributed by atoms with van der Waals surface area (Å²) in [5.41, 5.74) is 0.183. The average molecular weight is 336 g/mol. The van der Waals surface area contributed by atoms with Crippen LogP contribution in [0.3, 0.4) is 0 Å². The van der Waals surface area contributed by atoms with E-state index in [1.165, 1.54) is 6.07 Å². The van der Waals surface area contributed by atoms with E-state index >= 15 is 0 Å². The van der Waals surface area contributed by atoms with Crippen molar-refractivity contribution in [1.29, 1.82) is 0 Å². The van der Waals surface area contributed by atoms with Gasteiger partial charge in [-0.05, 0) is 42.9 Å². The molecule has 1 saturated carbocycles. The van der Waals surface area contributed by atoms with E-state index in [1.807, 2.05) is 0 Å². The first-order chi connectivity index (χ1) is 8.66. The van der Waals surface area contributed by atoms with Crippen molar-refractivity contribution in [1.82, 2.24) is 0 Å². The van der Waals surface area contributed by atoms with E-state index in [4.69, 9.17) is 0 Å². The minimum Gasteiger partial charge on any atom is -0.382 e. The predicted octanol–water partition coefficient (Wildman–Crippen LogP) is 5.46. The summed E-state index contributed by atoms with van der Waals surface area (Å²) in [7, 11) is 0. The number of rotatable bonds is 2. The summed E-state index contributed by atoms with van der Waals surface area (Å²) in [5.74, 6) is 0. The standard InChI is InChI=1S/C14H17BrF3N/c1-13(2)4-3-11(8-13)19-12-6-9(14(16,17)18)5-10(15)7-12/h5-7,11,19H,3-4,8H2,1-2H3. The molecule has 1 unspecified atom stereocenters. The Morgan fingerprint density at radius 3 is 2.47 bits per heavy atom. The zero-order chi connectivity index (χ0) is 14.3. The van der Waals surface area contributed by atoms with Crippen molar-refractivity contribution in [2.75, 3.05) is 5.32 Å². The lowest BCUT2D eigenvalue weighted by atomic mass is 9.92. The van der Waals surface area contributed by atoms with Crippen molar-refractivity contribution >= 4 is 21.6 Å². The van der Waals surface area contributed by atoms with Crippen LogP contribution in [-0.2, 0) is 6.18 Å². The average Bonchev–Trinajstić information content (AvgIpc) is 2.55. The van der Waals surface area contributed by atoms with E-state index in [0.29, 0.717) is 10.2 Å². The number of benzene rings is 1. The maximum Gasteiger partial charge on any atom is 0.416 e. The Morgan fingerprint density at radius 2 is 1.95 bits per heavy atom. The zero-order valence-corrected chi connectivity index (χ0v) is 12.5. The molecule has 1 atom stereocenters. The Balaban J connectivity index is 2.15. The van der Waals surface area contributed by atoms with Crippen LogP contribution in [0.25, 0.3) is 0 Å². The van der Waals surface area contributed by atoms with Gasteiger partial charge in [0.25, 0.3) is 0 Å². The normalized spacial score (nSPS) is 22.5. The molecule has 2 rings (SSSR count). The quantitative estimate of drug-likeness (QED) is 0.756. The fraction of sp³-hybridized carbons (Fsp3) is 0.571. The molecule has 5 heteroatoms. The van der Waals surface area contributed by atoms with Gasteiger partial charge in [-0.3, -0.25) is 0 Å². The molecule has 0 radical (unpaired) electrons. The van der Waals surface area contributed by atoms with Crippen molar-refractivity contribution in [3.63, 3.8) is 0 Å². The van der Waals surface area contributed by atoms with Gasteiger partial charge in [0, 0.05) is 16.2 Å². The molecule has 1 aromatic carbocycles. The van der Waals surface area contributed by atoms with E-state index in [-0.39, 0.29) is 11.5 Å². The lowest BCUT2D eigenvalue weighted by Crippen LogP contribution is -2.18. The van der Waals surface area contributed by atoms with Crippen molar-refractivity contribution in [3.05, 3.63) is 28.2 Å². The maximum absolute atomic E-state index is 12.7. The third-order valence-corrected chi connectivity index (χ3v) is 4.02. The second-order valence-corrected chi connectivity index (χ2v) is 6.89. The van der Waals surface area contributed by atoms with Crippen LogP contribution in [0, 0.1) is 5.41 Å². The van der Waals surface area contributed by atoms with Crippen molar-refractivity contribution in [2.24, 2.45) is 5.41 Å². The topological polar surface area (TPSA) is 12.0 Å². The Labute approximate surface area is 119 Å². The van der Waals surface area contributed by atoms with Gasteiger partial charge in [0.15, 0.2) is 0 Å². The lowest BCUT2D eigenvalue weighted by molar-refractivity contribution is -0.137. The number of nitrogens with one attached hydrogen (secondary N) is 1. The minimum absolute atomic E-state index is 0.255. The summed E-state index contributed by atoms with van der Waals surface area (Å²) in [5, 5.41) is 3.22. The third-order valence-electron chi connectivity index (χ3n) is 3.56. The molecule has 1 nitrogen and oxygen atoms in total. The van der Waals surface area contributed by atoms with Crippen LogP contribution < -0.4 is 5.32 Å². The molecule has 0 heterocycles. The fourth-order valence-electron chi connectivity index (χ4n) is 2.63. The first-order valence-corrected chi connectivity index (χ1v) is 7.09. The zero-order valence-electron chi connectivity index (χ0n) is 10.9. The van der Waals surface area contributed by atoms with E-state index < -0.39 is 11.7 Å². The van der Waals surface area contributed by atoms with Crippen molar-refractivity contribution < 1.29 is 13.2 Å². The molecule has 1 aliphatic rings. The van der Waals surface area contributed by atoms with Crippen LogP contribution >= 0.6 is 15.9 Å². The largest absolute Gasteiger partial charge is 0.416 e. The number of anilines is 1. The second kappa shape index (κ2) is 5.00. The van der Waals surface area contributed by atoms with E-state index in [9.17, 15) is 13.2 Å². The third kappa shape index (κ3) is 3.88. The molecule has 0 aliphatic heterocycles. The summed E-state index contributed by atoms with van der Waals surface area (Å²) >= 11 is 3.14. The molecule has 0 bridgehead atoms. The number of hydrogen-bond donors (Lipinski definition) is 1. The lowest BCUT2D eigenvalue weighted by Gasteiger charge is -2.19. The SMILES string of the molecule is CC1(C)CCC(Nc2cc(Br)cc(C(F)(F)F)c2)C1. The summed E-state index contributed by atoms with van der Waals surface area (Å²) < 4.78 is 38.7. The molecular formula is C14H17BrF3N.